The van der Waals surface area contributed by atoms with Gasteiger partial charge in [-0.1, -0.05) is 41.0 Å². The first kappa shape index (κ1) is 17.4. The number of ether oxygens (including phenoxy) is 1. The van der Waals surface area contributed by atoms with Crippen LogP contribution < -0.4 is 9.46 Å². The van der Waals surface area contributed by atoms with E-state index in [1.807, 2.05) is 0 Å². The summed E-state index contributed by atoms with van der Waals surface area (Å²) in [7, 11) is -2.23. The van der Waals surface area contributed by atoms with Gasteiger partial charge in [-0.3, -0.25) is 0 Å². The molecule has 0 saturated carbocycles. The van der Waals surface area contributed by atoms with Crippen molar-refractivity contribution >= 4 is 21.6 Å². The SMILES string of the molecule is COc1cccc(-c2noc(CNS(=O)(=O)c3ccccc3Cl)n2)c1. The Hall–Kier alpha value is -2.42. The van der Waals surface area contributed by atoms with E-state index in [1.165, 1.54) is 12.1 Å². The number of hydrogen-bond acceptors (Lipinski definition) is 6. The number of nitrogens with zero attached hydrogens (tertiary/aromatic N) is 2. The zero-order chi connectivity index (χ0) is 17.9. The Balaban J connectivity index is 1.75. The normalized spacial score (nSPS) is 11.4. The van der Waals surface area contributed by atoms with E-state index in [0.29, 0.717) is 17.1 Å². The Morgan fingerprint density at radius 3 is 2.76 bits per heavy atom. The molecule has 0 aliphatic rings. The Labute approximate surface area is 149 Å². The van der Waals surface area contributed by atoms with Gasteiger partial charge >= 0.3 is 0 Å². The van der Waals surface area contributed by atoms with Crippen molar-refractivity contribution in [3.63, 3.8) is 0 Å². The maximum atomic E-state index is 12.3. The second kappa shape index (κ2) is 7.22. The molecule has 130 valence electrons. The average Bonchev–Trinajstić information content (AvgIpc) is 3.09. The summed E-state index contributed by atoms with van der Waals surface area (Å²) in [5.41, 5.74) is 0.698. The summed E-state index contributed by atoms with van der Waals surface area (Å²) in [4.78, 5) is 4.17. The largest absolute Gasteiger partial charge is 0.497 e. The maximum absolute atomic E-state index is 12.3. The molecule has 1 N–H and O–H groups in total. The van der Waals surface area contributed by atoms with Crippen molar-refractivity contribution in [3.05, 3.63) is 59.4 Å². The first-order chi connectivity index (χ1) is 12.0. The molecule has 0 spiro atoms. The number of methoxy groups -OCH3 is 1. The third kappa shape index (κ3) is 3.98. The molecule has 3 rings (SSSR count). The minimum Gasteiger partial charge on any atom is -0.497 e. The van der Waals surface area contributed by atoms with Crippen LogP contribution in [0.4, 0.5) is 0 Å². The van der Waals surface area contributed by atoms with Crippen LogP contribution >= 0.6 is 11.6 Å². The Morgan fingerprint density at radius 1 is 1.20 bits per heavy atom. The van der Waals surface area contributed by atoms with E-state index in [9.17, 15) is 8.42 Å². The summed E-state index contributed by atoms with van der Waals surface area (Å²) in [6.07, 6.45) is 0. The smallest absolute Gasteiger partial charge is 0.242 e. The Kier molecular flexibility index (Phi) is 5.03. The summed E-state index contributed by atoms with van der Waals surface area (Å²) in [6.45, 7) is -0.148. The summed E-state index contributed by atoms with van der Waals surface area (Å²) in [5.74, 6) is 1.13. The molecule has 0 fully saturated rings. The van der Waals surface area contributed by atoms with Gasteiger partial charge in [0.2, 0.25) is 21.7 Å². The maximum Gasteiger partial charge on any atom is 0.242 e. The lowest BCUT2D eigenvalue weighted by Gasteiger charge is -2.05. The number of sulfonamides is 1. The van der Waals surface area contributed by atoms with Crippen LogP contribution in [-0.4, -0.2) is 25.7 Å². The van der Waals surface area contributed by atoms with Crippen LogP contribution in [0.3, 0.4) is 0 Å². The standard InChI is InChI=1S/C16H14ClN3O4S/c1-23-12-6-4-5-11(9-12)16-19-15(24-20-16)10-18-25(21,22)14-8-3-2-7-13(14)17/h2-9,18H,10H2,1H3. The van der Waals surface area contributed by atoms with Crippen LogP contribution in [-0.2, 0) is 16.6 Å². The van der Waals surface area contributed by atoms with E-state index in [2.05, 4.69) is 14.9 Å². The van der Waals surface area contributed by atoms with Gasteiger partial charge in [-0.05, 0) is 24.3 Å². The third-order valence-electron chi connectivity index (χ3n) is 3.34. The molecule has 0 unspecified atom stereocenters. The quantitative estimate of drug-likeness (QED) is 0.707. The minimum absolute atomic E-state index is 0.01000. The van der Waals surface area contributed by atoms with Crippen LogP contribution in [0.5, 0.6) is 5.75 Å². The van der Waals surface area contributed by atoms with Crippen molar-refractivity contribution in [2.75, 3.05) is 7.11 Å². The van der Waals surface area contributed by atoms with Crippen molar-refractivity contribution in [1.82, 2.24) is 14.9 Å². The highest BCUT2D eigenvalue weighted by atomic mass is 35.5. The monoisotopic (exact) mass is 379 g/mol. The first-order valence-electron chi connectivity index (χ1n) is 7.21. The lowest BCUT2D eigenvalue weighted by atomic mass is 10.2. The van der Waals surface area contributed by atoms with Crippen molar-refractivity contribution in [2.24, 2.45) is 0 Å². The molecular formula is C16H14ClN3O4S. The molecule has 0 amide bonds. The number of aromatic nitrogens is 2. The molecule has 0 saturated heterocycles. The first-order valence-corrected chi connectivity index (χ1v) is 9.07. The molecule has 0 aliphatic carbocycles. The van der Waals surface area contributed by atoms with Gasteiger partial charge in [0.25, 0.3) is 0 Å². The predicted octanol–water partition coefficient (Wildman–Crippen LogP) is 2.88. The Morgan fingerprint density at radius 2 is 2.00 bits per heavy atom. The Bertz CT molecular complexity index is 988. The molecule has 25 heavy (non-hydrogen) atoms. The molecule has 1 heterocycles. The number of benzene rings is 2. The summed E-state index contributed by atoms with van der Waals surface area (Å²) in [6, 6.07) is 13.3. The highest BCUT2D eigenvalue weighted by molar-refractivity contribution is 7.89. The molecule has 3 aromatic rings. The number of halogens is 1. The van der Waals surface area contributed by atoms with Gasteiger partial charge < -0.3 is 9.26 Å². The van der Waals surface area contributed by atoms with Crippen LogP contribution in [0, 0.1) is 0 Å². The van der Waals surface area contributed by atoms with Crippen molar-refractivity contribution < 1.29 is 17.7 Å². The molecule has 9 heteroatoms. The zero-order valence-corrected chi connectivity index (χ0v) is 14.7. The molecule has 7 nitrogen and oxygen atoms in total. The lowest BCUT2D eigenvalue weighted by Crippen LogP contribution is -2.23. The second-order valence-electron chi connectivity index (χ2n) is 5.00. The van der Waals surface area contributed by atoms with Gasteiger partial charge in [0.15, 0.2) is 0 Å². The topological polar surface area (TPSA) is 94.3 Å². The minimum atomic E-state index is -3.78. The number of hydrogen-bond donors (Lipinski definition) is 1. The predicted molar refractivity (Wildman–Crippen MR) is 91.8 cm³/mol. The van der Waals surface area contributed by atoms with Crippen molar-refractivity contribution in [1.29, 1.82) is 0 Å². The highest BCUT2D eigenvalue weighted by Gasteiger charge is 2.19. The fraction of sp³-hybridized carbons (Fsp3) is 0.125. The van der Waals surface area contributed by atoms with E-state index < -0.39 is 10.0 Å². The van der Waals surface area contributed by atoms with Crippen LogP contribution in [0.25, 0.3) is 11.4 Å². The van der Waals surface area contributed by atoms with Crippen LogP contribution in [0.15, 0.2) is 57.9 Å². The molecular weight excluding hydrogens is 366 g/mol. The number of nitrogens with one attached hydrogen (secondary N) is 1. The summed E-state index contributed by atoms with van der Waals surface area (Å²) in [5, 5.41) is 3.99. The third-order valence-corrected chi connectivity index (χ3v) is 5.24. The highest BCUT2D eigenvalue weighted by Crippen LogP contribution is 2.22. The van der Waals surface area contributed by atoms with E-state index in [4.69, 9.17) is 20.9 Å². The number of rotatable bonds is 6. The van der Waals surface area contributed by atoms with Gasteiger partial charge in [-0.15, -0.1) is 0 Å². The van der Waals surface area contributed by atoms with Crippen molar-refractivity contribution in [2.45, 2.75) is 11.4 Å². The molecule has 2 aromatic carbocycles. The van der Waals surface area contributed by atoms with Gasteiger partial charge in [0.05, 0.1) is 18.7 Å². The van der Waals surface area contributed by atoms with E-state index in [0.717, 1.165) is 0 Å². The fourth-order valence-corrected chi connectivity index (χ4v) is 3.60. The molecule has 0 aliphatic heterocycles. The summed E-state index contributed by atoms with van der Waals surface area (Å²) >= 11 is 5.92. The molecule has 0 radical (unpaired) electrons. The lowest BCUT2D eigenvalue weighted by molar-refractivity contribution is 0.376. The average molecular weight is 380 g/mol. The zero-order valence-electron chi connectivity index (χ0n) is 13.1. The van der Waals surface area contributed by atoms with E-state index >= 15 is 0 Å². The summed E-state index contributed by atoms with van der Waals surface area (Å²) < 4.78 is 37.2. The second-order valence-corrected chi connectivity index (χ2v) is 7.14. The van der Waals surface area contributed by atoms with Gasteiger partial charge in [-0.25, -0.2) is 13.1 Å². The van der Waals surface area contributed by atoms with Crippen LogP contribution in [0.1, 0.15) is 5.89 Å². The van der Waals surface area contributed by atoms with Crippen LogP contribution in [0.2, 0.25) is 5.02 Å². The van der Waals surface area contributed by atoms with Crippen molar-refractivity contribution in [3.8, 4) is 17.1 Å². The van der Waals surface area contributed by atoms with E-state index in [1.54, 1.807) is 43.5 Å². The molecule has 0 bridgehead atoms. The van der Waals surface area contributed by atoms with Gasteiger partial charge in [0.1, 0.15) is 10.6 Å². The molecule has 1 aromatic heterocycles. The van der Waals surface area contributed by atoms with Gasteiger partial charge in [0, 0.05) is 5.56 Å². The fourth-order valence-electron chi connectivity index (χ4n) is 2.10. The van der Waals surface area contributed by atoms with E-state index in [-0.39, 0.29) is 22.4 Å². The van der Waals surface area contributed by atoms with Gasteiger partial charge in [-0.2, -0.15) is 4.98 Å². The molecule has 0 atom stereocenters.